The molecule has 1 amide bonds. The molecule has 1 saturated heterocycles. The lowest BCUT2D eigenvalue weighted by atomic mass is 9.96. The number of aromatic nitrogens is 2. The van der Waals surface area contributed by atoms with Crippen LogP contribution in [0.1, 0.15) is 42.6 Å². The Balaban J connectivity index is 2.05. The zero-order valence-electron chi connectivity index (χ0n) is 15.4. The summed E-state index contributed by atoms with van der Waals surface area (Å²) in [4.78, 5) is 14.7. The van der Waals surface area contributed by atoms with Crippen LogP contribution in [0.3, 0.4) is 0 Å². The molecule has 24 heavy (non-hydrogen) atoms. The standard InChI is InChI=1S/C16H28N4O3S/c1-11(15-12(2)17-18(4)13(15)3)16(21)20-9-7-14(8-10-20)19(5)24(6,22)23/h11,14H,7-10H2,1-6H3. The topological polar surface area (TPSA) is 75.5 Å². The van der Waals surface area contributed by atoms with Gasteiger partial charge in [0, 0.05) is 44.5 Å². The maximum Gasteiger partial charge on any atom is 0.229 e. The normalized spacial score (nSPS) is 18.2. The number of carbonyl (C=O) groups excluding carboxylic acids is 1. The van der Waals surface area contributed by atoms with E-state index in [2.05, 4.69) is 5.10 Å². The number of hydrogen-bond donors (Lipinski definition) is 0. The summed E-state index contributed by atoms with van der Waals surface area (Å²) >= 11 is 0. The van der Waals surface area contributed by atoms with E-state index in [1.807, 2.05) is 37.4 Å². The van der Waals surface area contributed by atoms with Crippen LogP contribution in [0.5, 0.6) is 0 Å². The minimum Gasteiger partial charge on any atom is -0.342 e. The van der Waals surface area contributed by atoms with Gasteiger partial charge in [-0.1, -0.05) is 0 Å². The Morgan fingerprint density at radius 2 is 1.83 bits per heavy atom. The van der Waals surface area contributed by atoms with Crippen molar-refractivity contribution in [2.45, 2.75) is 45.6 Å². The van der Waals surface area contributed by atoms with E-state index >= 15 is 0 Å². The van der Waals surface area contributed by atoms with E-state index in [1.54, 1.807) is 7.05 Å². The number of rotatable bonds is 4. The quantitative estimate of drug-likeness (QED) is 0.807. The fraction of sp³-hybridized carbons (Fsp3) is 0.750. The Bertz CT molecular complexity index is 718. The summed E-state index contributed by atoms with van der Waals surface area (Å²) in [5, 5.41) is 4.39. The van der Waals surface area contributed by atoms with Gasteiger partial charge in [0.2, 0.25) is 15.9 Å². The Morgan fingerprint density at radius 3 is 2.25 bits per heavy atom. The van der Waals surface area contributed by atoms with Crippen LogP contribution in [0.25, 0.3) is 0 Å². The number of aryl methyl sites for hydroxylation is 2. The van der Waals surface area contributed by atoms with Crippen molar-refractivity contribution < 1.29 is 13.2 Å². The molecule has 0 radical (unpaired) electrons. The monoisotopic (exact) mass is 356 g/mol. The van der Waals surface area contributed by atoms with Crippen LogP contribution in [0.15, 0.2) is 0 Å². The summed E-state index contributed by atoms with van der Waals surface area (Å²) < 4.78 is 26.5. The summed E-state index contributed by atoms with van der Waals surface area (Å²) in [7, 11) is 0.309. The molecule has 8 heteroatoms. The molecule has 1 atom stereocenters. The fourth-order valence-corrected chi connectivity index (χ4v) is 4.29. The number of amides is 1. The summed E-state index contributed by atoms with van der Waals surface area (Å²) in [6, 6.07) is -0.0266. The third-order valence-corrected chi connectivity index (χ3v) is 6.53. The molecular formula is C16H28N4O3S. The first-order chi connectivity index (χ1) is 11.0. The van der Waals surface area contributed by atoms with Crippen molar-refractivity contribution in [1.29, 1.82) is 0 Å². The van der Waals surface area contributed by atoms with E-state index in [-0.39, 0.29) is 17.9 Å². The van der Waals surface area contributed by atoms with Gasteiger partial charge in [-0.2, -0.15) is 5.10 Å². The second-order valence-corrected chi connectivity index (χ2v) is 8.81. The van der Waals surface area contributed by atoms with Crippen molar-refractivity contribution in [3.8, 4) is 0 Å². The first kappa shape index (κ1) is 18.9. The van der Waals surface area contributed by atoms with Crippen molar-refractivity contribution in [3.63, 3.8) is 0 Å². The Morgan fingerprint density at radius 1 is 1.29 bits per heavy atom. The lowest BCUT2D eigenvalue weighted by Crippen LogP contribution is -2.47. The molecule has 0 bridgehead atoms. The molecule has 0 aromatic carbocycles. The molecule has 0 saturated carbocycles. The predicted octanol–water partition coefficient (Wildman–Crippen LogP) is 1.02. The Hall–Kier alpha value is -1.41. The van der Waals surface area contributed by atoms with Crippen molar-refractivity contribution >= 4 is 15.9 Å². The van der Waals surface area contributed by atoms with Gasteiger partial charge in [0.1, 0.15) is 0 Å². The zero-order chi connectivity index (χ0) is 18.2. The van der Waals surface area contributed by atoms with E-state index in [0.717, 1.165) is 17.0 Å². The molecule has 136 valence electrons. The maximum atomic E-state index is 12.8. The molecule has 0 spiro atoms. The minimum atomic E-state index is -3.19. The van der Waals surface area contributed by atoms with Gasteiger partial charge in [0.05, 0.1) is 17.9 Å². The van der Waals surface area contributed by atoms with Crippen LogP contribution in [-0.2, 0) is 21.9 Å². The summed E-state index contributed by atoms with van der Waals surface area (Å²) in [6.45, 7) is 7.01. The highest BCUT2D eigenvalue weighted by Crippen LogP contribution is 2.27. The van der Waals surface area contributed by atoms with Gasteiger partial charge in [-0.15, -0.1) is 0 Å². The molecule has 1 aromatic rings. The van der Waals surface area contributed by atoms with E-state index in [4.69, 9.17) is 0 Å². The summed E-state index contributed by atoms with van der Waals surface area (Å²) in [6.07, 6.45) is 2.57. The molecule has 7 nitrogen and oxygen atoms in total. The molecule has 1 aliphatic heterocycles. The van der Waals surface area contributed by atoms with Gasteiger partial charge >= 0.3 is 0 Å². The van der Waals surface area contributed by atoms with Crippen molar-refractivity contribution in [2.75, 3.05) is 26.4 Å². The highest BCUT2D eigenvalue weighted by Gasteiger charge is 2.32. The Kier molecular flexibility index (Phi) is 5.39. The third-order valence-electron chi connectivity index (χ3n) is 5.18. The highest BCUT2D eigenvalue weighted by molar-refractivity contribution is 7.88. The largest absolute Gasteiger partial charge is 0.342 e. The molecule has 1 aromatic heterocycles. The van der Waals surface area contributed by atoms with E-state index in [1.165, 1.54) is 10.6 Å². The van der Waals surface area contributed by atoms with Crippen molar-refractivity contribution in [1.82, 2.24) is 19.0 Å². The molecular weight excluding hydrogens is 328 g/mol. The van der Waals surface area contributed by atoms with Gasteiger partial charge < -0.3 is 4.90 Å². The second kappa shape index (κ2) is 6.84. The van der Waals surface area contributed by atoms with Gasteiger partial charge in [-0.05, 0) is 33.6 Å². The van der Waals surface area contributed by atoms with Gasteiger partial charge in [-0.3, -0.25) is 9.48 Å². The number of carbonyl (C=O) groups is 1. The molecule has 1 fully saturated rings. The van der Waals surface area contributed by atoms with E-state index < -0.39 is 10.0 Å². The third kappa shape index (κ3) is 3.64. The van der Waals surface area contributed by atoms with Crippen molar-refractivity contribution in [3.05, 3.63) is 17.0 Å². The summed E-state index contributed by atoms with van der Waals surface area (Å²) in [5.41, 5.74) is 2.90. The van der Waals surface area contributed by atoms with Crippen molar-refractivity contribution in [2.24, 2.45) is 7.05 Å². The predicted molar refractivity (Wildman–Crippen MR) is 93.3 cm³/mol. The molecule has 1 unspecified atom stereocenters. The van der Waals surface area contributed by atoms with Crippen LogP contribution < -0.4 is 0 Å². The van der Waals surface area contributed by atoms with Crippen LogP contribution in [0.4, 0.5) is 0 Å². The number of piperidine rings is 1. The lowest BCUT2D eigenvalue weighted by molar-refractivity contribution is -0.133. The number of nitrogens with zero attached hydrogens (tertiary/aromatic N) is 4. The fourth-order valence-electron chi connectivity index (χ4n) is 3.53. The first-order valence-corrected chi connectivity index (χ1v) is 10.1. The van der Waals surface area contributed by atoms with Gasteiger partial charge in [-0.25, -0.2) is 12.7 Å². The van der Waals surface area contributed by atoms with Crippen LogP contribution in [0, 0.1) is 13.8 Å². The number of sulfonamides is 1. The first-order valence-electron chi connectivity index (χ1n) is 8.26. The number of likely N-dealkylation sites (tertiary alicyclic amines) is 1. The van der Waals surface area contributed by atoms with Crippen LogP contribution >= 0.6 is 0 Å². The Labute approximate surface area is 144 Å². The van der Waals surface area contributed by atoms with Gasteiger partial charge in [0.15, 0.2) is 0 Å². The molecule has 0 N–H and O–H groups in total. The zero-order valence-corrected chi connectivity index (χ0v) is 16.2. The molecule has 2 rings (SSSR count). The van der Waals surface area contributed by atoms with Crippen LogP contribution in [0.2, 0.25) is 0 Å². The molecule has 2 heterocycles. The number of hydrogen-bond acceptors (Lipinski definition) is 4. The van der Waals surface area contributed by atoms with E-state index in [0.29, 0.717) is 25.9 Å². The summed E-state index contributed by atoms with van der Waals surface area (Å²) in [5.74, 6) is -0.141. The minimum absolute atomic E-state index is 0.0266. The molecule has 1 aliphatic rings. The lowest BCUT2D eigenvalue weighted by Gasteiger charge is -2.36. The van der Waals surface area contributed by atoms with Crippen LogP contribution in [-0.4, -0.2) is 65.7 Å². The molecule has 0 aliphatic carbocycles. The average Bonchev–Trinajstić information content (AvgIpc) is 2.77. The highest BCUT2D eigenvalue weighted by atomic mass is 32.2. The maximum absolute atomic E-state index is 12.8. The van der Waals surface area contributed by atoms with Gasteiger partial charge in [0.25, 0.3) is 0 Å². The second-order valence-electron chi connectivity index (χ2n) is 6.77. The van der Waals surface area contributed by atoms with E-state index in [9.17, 15) is 13.2 Å². The average molecular weight is 356 g/mol. The SMILES string of the molecule is Cc1nn(C)c(C)c1C(C)C(=O)N1CCC(N(C)S(C)(=O)=O)CC1. The smallest absolute Gasteiger partial charge is 0.229 e.